The molecule has 0 unspecified atom stereocenters. The molecule has 0 radical (unpaired) electrons. The highest BCUT2D eigenvalue weighted by atomic mass is 15.5. The SMILES string of the molecule is CCCCCCCCNN(CCCCCCCC)CCCCCCCC. The fourth-order valence-corrected chi connectivity index (χ4v) is 3.58. The van der Waals surface area contributed by atoms with E-state index in [4.69, 9.17) is 0 Å². The molecule has 0 rings (SSSR count). The maximum Gasteiger partial charge on any atom is 0.0130 e. The van der Waals surface area contributed by atoms with Gasteiger partial charge in [0, 0.05) is 19.6 Å². The second-order valence-corrected chi connectivity index (χ2v) is 8.20. The van der Waals surface area contributed by atoms with Gasteiger partial charge in [0.1, 0.15) is 0 Å². The summed E-state index contributed by atoms with van der Waals surface area (Å²) >= 11 is 0. The molecular weight excluding hydrogens is 316 g/mol. The summed E-state index contributed by atoms with van der Waals surface area (Å²) in [6.07, 6.45) is 25.1. The van der Waals surface area contributed by atoms with E-state index in [1.54, 1.807) is 0 Å². The molecule has 0 aliphatic carbocycles. The number of hydrogen-bond acceptors (Lipinski definition) is 2. The van der Waals surface area contributed by atoms with Crippen LogP contribution in [0.1, 0.15) is 136 Å². The second-order valence-electron chi connectivity index (χ2n) is 8.20. The van der Waals surface area contributed by atoms with E-state index in [9.17, 15) is 0 Å². The molecule has 0 aliphatic heterocycles. The highest BCUT2D eigenvalue weighted by Crippen LogP contribution is 2.09. The van der Waals surface area contributed by atoms with Gasteiger partial charge in [-0.05, 0) is 19.3 Å². The second kappa shape index (κ2) is 23.0. The summed E-state index contributed by atoms with van der Waals surface area (Å²) in [7, 11) is 0. The van der Waals surface area contributed by atoms with Crippen LogP contribution in [0, 0.1) is 0 Å². The molecule has 0 aliphatic rings. The normalized spacial score (nSPS) is 11.5. The highest BCUT2D eigenvalue weighted by Gasteiger charge is 2.04. The number of nitrogens with zero attached hydrogens (tertiary/aromatic N) is 1. The first-order valence-electron chi connectivity index (χ1n) is 12.3. The molecule has 158 valence electrons. The lowest BCUT2D eigenvalue weighted by Gasteiger charge is -2.23. The van der Waals surface area contributed by atoms with Crippen molar-refractivity contribution in [2.75, 3.05) is 19.6 Å². The summed E-state index contributed by atoms with van der Waals surface area (Å²) in [5, 5.41) is 2.55. The summed E-state index contributed by atoms with van der Waals surface area (Å²) in [6.45, 7) is 10.6. The summed E-state index contributed by atoms with van der Waals surface area (Å²) in [6, 6.07) is 0. The molecule has 0 amide bonds. The number of unbranched alkanes of at least 4 members (excludes halogenated alkanes) is 15. The third-order valence-electron chi connectivity index (χ3n) is 5.43. The molecule has 0 aromatic carbocycles. The van der Waals surface area contributed by atoms with E-state index in [0.29, 0.717) is 0 Å². The maximum atomic E-state index is 3.75. The molecule has 2 heteroatoms. The van der Waals surface area contributed by atoms with Crippen molar-refractivity contribution in [3.05, 3.63) is 0 Å². The Hall–Kier alpha value is -0.0800. The molecule has 0 fully saturated rings. The van der Waals surface area contributed by atoms with Crippen molar-refractivity contribution < 1.29 is 0 Å². The summed E-state index contributed by atoms with van der Waals surface area (Å²) in [4.78, 5) is 0. The van der Waals surface area contributed by atoms with Gasteiger partial charge in [-0.15, -0.1) is 0 Å². The van der Waals surface area contributed by atoms with Crippen LogP contribution in [0.4, 0.5) is 0 Å². The number of hydrogen-bond donors (Lipinski definition) is 1. The average Bonchev–Trinajstić information content (AvgIpc) is 2.65. The Morgan fingerprint density at radius 1 is 0.423 bits per heavy atom. The average molecular weight is 369 g/mol. The quantitative estimate of drug-likeness (QED) is 0.154. The van der Waals surface area contributed by atoms with Crippen LogP contribution in [0.2, 0.25) is 0 Å². The molecule has 0 saturated carbocycles. The first-order chi connectivity index (χ1) is 12.8. The van der Waals surface area contributed by atoms with E-state index in [0.717, 1.165) is 0 Å². The van der Waals surface area contributed by atoms with E-state index < -0.39 is 0 Å². The minimum absolute atomic E-state index is 1.18. The monoisotopic (exact) mass is 368 g/mol. The third-order valence-corrected chi connectivity index (χ3v) is 5.43. The molecule has 26 heavy (non-hydrogen) atoms. The molecular formula is C24H52N2. The maximum absolute atomic E-state index is 3.75. The van der Waals surface area contributed by atoms with Crippen molar-refractivity contribution in [2.24, 2.45) is 0 Å². The van der Waals surface area contributed by atoms with Gasteiger partial charge in [-0.3, -0.25) is 5.43 Å². The topological polar surface area (TPSA) is 15.3 Å². The summed E-state index contributed by atoms with van der Waals surface area (Å²) < 4.78 is 0. The molecule has 0 aromatic rings. The zero-order chi connectivity index (χ0) is 19.1. The number of nitrogens with one attached hydrogen (secondary N) is 1. The van der Waals surface area contributed by atoms with E-state index in [-0.39, 0.29) is 0 Å². The van der Waals surface area contributed by atoms with Crippen molar-refractivity contribution in [3.8, 4) is 0 Å². The molecule has 0 aromatic heterocycles. The zero-order valence-electron chi connectivity index (χ0n) is 18.8. The Morgan fingerprint density at radius 2 is 0.769 bits per heavy atom. The Bertz CT molecular complexity index is 226. The van der Waals surface area contributed by atoms with Crippen molar-refractivity contribution >= 4 is 0 Å². The predicted molar refractivity (Wildman–Crippen MR) is 120 cm³/mol. The zero-order valence-corrected chi connectivity index (χ0v) is 18.8. The van der Waals surface area contributed by atoms with Gasteiger partial charge >= 0.3 is 0 Å². The standard InChI is InChI=1S/C24H52N2/c1-4-7-10-13-16-19-22-25-26(23-20-17-14-11-8-5-2)24-21-18-15-12-9-6-3/h25H,4-24H2,1-3H3. The van der Waals surface area contributed by atoms with Gasteiger partial charge in [0.05, 0.1) is 0 Å². The Kier molecular flexibility index (Phi) is 22.9. The van der Waals surface area contributed by atoms with Crippen LogP contribution in [0.3, 0.4) is 0 Å². The van der Waals surface area contributed by atoms with Crippen molar-refractivity contribution in [1.29, 1.82) is 0 Å². The van der Waals surface area contributed by atoms with Crippen LogP contribution in [0.15, 0.2) is 0 Å². The molecule has 1 N–H and O–H groups in total. The summed E-state index contributed by atoms with van der Waals surface area (Å²) in [5.41, 5.74) is 3.75. The van der Waals surface area contributed by atoms with Gasteiger partial charge in [0.15, 0.2) is 0 Å². The summed E-state index contributed by atoms with van der Waals surface area (Å²) in [5.74, 6) is 0. The minimum Gasteiger partial charge on any atom is -0.255 e. The molecule has 0 bridgehead atoms. The Morgan fingerprint density at radius 3 is 1.19 bits per heavy atom. The first kappa shape index (κ1) is 25.9. The number of hydrazine groups is 1. The Balaban J connectivity index is 3.77. The van der Waals surface area contributed by atoms with Crippen LogP contribution in [-0.4, -0.2) is 24.6 Å². The van der Waals surface area contributed by atoms with Crippen LogP contribution in [0.25, 0.3) is 0 Å². The molecule has 0 saturated heterocycles. The third kappa shape index (κ3) is 20.2. The number of rotatable bonds is 22. The molecule has 0 spiro atoms. The smallest absolute Gasteiger partial charge is 0.0130 e. The van der Waals surface area contributed by atoms with Gasteiger partial charge in [-0.25, -0.2) is 5.01 Å². The van der Waals surface area contributed by atoms with Crippen LogP contribution in [0.5, 0.6) is 0 Å². The minimum atomic E-state index is 1.18. The van der Waals surface area contributed by atoms with Crippen LogP contribution in [-0.2, 0) is 0 Å². The molecule has 0 atom stereocenters. The fraction of sp³-hybridized carbons (Fsp3) is 1.00. The van der Waals surface area contributed by atoms with E-state index >= 15 is 0 Å². The van der Waals surface area contributed by atoms with Gasteiger partial charge < -0.3 is 0 Å². The van der Waals surface area contributed by atoms with E-state index in [2.05, 4.69) is 31.2 Å². The lowest BCUT2D eigenvalue weighted by molar-refractivity contribution is 0.177. The lowest BCUT2D eigenvalue weighted by atomic mass is 10.1. The largest absolute Gasteiger partial charge is 0.255 e. The van der Waals surface area contributed by atoms with Crippen molar-refractivity contribution in [3.63, 3.8) is 0 Å². The van der Waals surface area contributed by atoms with E-state index in [1.807, 2.05) is 0 Å². The van der Waals surface area contributed by atoms with Crippen LogP contribution < -0.4 is 5.43 Å². The highest BCUT2D eigenvalue weighted by molar-refractivity contribution is 4.57. The van der Waals surface area contributed by atoms with Gasteiger partial charge in [-0.1, -0.05) is 117 Å². The van der Waals surface area contributed by atoms with E-state index in [1.165, 1.54) is 135 Å². The first-order valence-corrected chi connectivity index (χ1v) is 12.3. The van der Waals surface area contributed by atoms with Crippen LogP contribution >= 0.6 is 0 Å². The molecule has 2 nitrogen and oxygen atoms in total. The van der Waals surface area contributed by atoms with Gasteiger partial charge in [-0.2, -0.15) is 0 Å². The van der Waals surface area contributed by atoms with Gasteiger partial charge in [0.2, 0.25) is 0 Å². The Labute approximate surface area is 166 Å². The molecule has 0 heterocycles. The predicted octanol–water partition coefficient (Wildman–Crippen LogP) is 7.87. The van der Waals surface area contributed by atoms with Crippen molar-refractivity contribution in [1.82, 2.24) is 10.4 Å². The van der Waals surface area contributed by atoms with Gasteiger partial charge in [0.25, 0.3) is 0 Å². The lowest BCUT2D eigenvalue weighted by Crippen LogP contribution is -2.40. The fourth-order valence-electron chi connectivity index (χ4n) is 3.58. The van der Waals surface area contributed by atoms with Crippen molar-refractivity contribution in [2.45, 2.75) is 136 Å².